The first-order valence-corrected chi connectivity index (χ1v) is 7.56. The van der Waals surface area contributed by atoms with Gasteiger partial charge in [0.1, 0.15) is 23.2 Å². The van der Waals surface area contributed by atoms with Gasteiger partial charge in [0, 0.05) is 17.7 Å². The van der Waals surface area contributed by atoms with Crippen LogP contribution >= 0.6 is 0 Å². The van der Waals surface area contributed by atoms with Crippen molar-refractivity contribution < 1.29 is 4.39 Å². The van der Waals surface area contributed by atoms with E-state index in [1.54, 1.807) is 35.0 Å². The lowest BCUT2D eigenvalue weighted by molar-refractivity contribution is 0.586. The molecule has 0 aliphatic carbocycles. The van der Waals surface area contributed by atoms with Gasteiger partial charge in [-0.05, 0) is 13.0 Å². The molecule has 23 heavy (non-hydrogen) atoms. The molecule has 0 saturated heterocycles. The summed E-state index contributed by atoms with van der Waals surface area (Å²) in [5, 5.41) is 14.9. The number of nitrogens with one attached hydrogen (secondary N) is 2. The van der Waals surface area contributed by atoms with E-state index in [0.717, 1.165) is 0 Å². The number of hydrogen-bond donors (Lipinski definition) is 3. The average Bonchev–Trinajstić information content (AvgIpc) is 2.94. The van der Waals surface area contributed by atoms with E-state index in [-0.39, 0.29) is 24.2 Å². The fourth-order valence-corrected chi connectivity index (χ4v) is 1.87. The maximum Gasteiger partial charge on any atom is 0.143 e. The summed E-state index contributed by atoms with van der Waals surface area (Å²) in [6.45, 7) is 9.89. The molecular weight excluding hydrogens is 293 g/mol. The Labute approximate surface area is 136 Å². The Hall–Kier alpha value is -2.63. The molecule has 124 valence electrons. The van der Waals surface area contributed by atoms with Gasteiger partial charge in [-0.2, -0.15) is 5.10 Å². The van der Waals surface area contributed by atoms with Crippen molar-refractivity contribution in [2.45, 2.75) is 33.4 Å². The van der Waals surface area contributed by atoms with E-state index in [4.69, 9.17) is 11.1 Å². The lowest BCUT2D eigenvalue weighted by atomic mass is 10.2. The van der Waals surface area contributed by atoms with Gasteiger partial charge < -0.3 is 11.1 Å². The standard InChI is InChI=1S/C15H18FN5.C2H6/c1-3-10(2)19-14-8-13(15(17)18)20-21(14)9-11-6-4-5-7-12(11)16;1-2/h3-8,10,19H,1,9H2,2H3,(H3,17,18);1-2H3. The Kier molecular flexibility index (Phi) is 6.99. The predicted octanol–water partition coefficient (Wildman–Crippen LogP) is 3.37. The van der Waals surface area contributed by atoms with E-state index in [9.17, 15) is 4.39 Å². The first kappa shape index (κ1) is 18.4. The van der Waals surface area contributed by atoms with Crippen LogP contribution in [0.25, 0.3) is 0 Å². The zero-order chi connectivity index (χ0) is 17.4. The number of nitrogens with two attached hydrogens (primary N) is 1. The first-order valence-electron chi connectivity index (χ1n) is 7.56. The van der Waals surface area contributed by atoms with E-state index in [1.807, 2.05) is 20.8 Å². The van der Waals surface area contributed by atoms with Crippen molar-refractivity contribution in [3.63, 3.8) is 0 Å². The van der Waals surface area contributed by atoms with Crippen LogP contribution in [0.15, 0.2) is 43.0 Å². The van der Waals surface area contributed by atoms with Crippen LogP contribution in [-0.2, 0) is 6.54 Å². The molecule has 2 rings (SSSR count). The molecule has 0 saturated carbocycles. The third kappa shape index (κ3) is 4.95. The van der Waals surface area contributed by atoms with E-state index in [0.29, 0.717) is 17.1 Å². The van der Waals surface area contributed by atoms with Gasteiger partial charge in [-0.1, -0.05) is 38.1 Å². The van der Waals surface area contributed by atoms with Crippen molar-refractivity contribution in [2.75, 3.05) is 5.32 Å². The SMILES string of the molecule is C=CC(C)Nc1cc(C(=N)N)nn1Cc1ccccc1F.CC. The van der Waals surface area contributed by atoms with Gasteiger partial charge in [0.15, 0.2) is 0 Å². The summed E-state index contributed by atoms with van der Waals surface area (Å²) in [7, 11) is 0. The number of rotatable bonds is 6. The minimum Gasteiger partial charge on any atom is -0.382 e. The molecule has 0 aliphatic rings. The zero-order valence-corrected chi connectivity index (χ0v) is 13.8. The minimum absolute atomic E-state index is 0.0147. The fourth-order valence-electron chi connectivity index (χ4n) is 1.87. The molecule has 1 heterocycles. The van der Waals surface area contributed by atoms with Gasteiger partial charge in [-0.3, -0.25) is 5.41 Å². The number of aromatic nitrogens is 2. The molecule has 1 aromatic heterocycles. The summed E-state index contributed by atoms with van der Waals surface area (Å²) in [5.41, 5.74) is 6.34. The van der Waals surface area contributed by atoms with Crippen LogP contribution in [0.1, 0.15) is 32.0 Å². The predicted molar refractivity (Wildman–Crippen MR) is 93.4 cm³/mol. The highest BCUT2D eigenvalue weighted by Gasteiger charge is 2.12. The van der Waals surface area contributed by atoms with Crippen LogP contribution in [-0.4, -0.2) is 21.7 Å². The highest BCUT2D eigenvalue weighted by Crippen LogP contribution is 2.16. The minimum atomic E-state index is -0.292. The molecule has 2 aromatic rings. The van der Waals surface area contributed by atoms with Crippen molar-refractivity contribution in [1.29, 1.82) is 5.41 Å². The van der Waals surface area contributed by atoms with Crippen LogP contribution in [0, 0.1) is 11.2 Å². The third-order valence-electron chi connectivity index (χ3n) is 3.06. The summed E-state index contributed by atoms with van der Waals surface area (Å²) in [6.07, 6.45) is 1.74. The molecule has 1 atom stereocenters. The van der Waals surface area contributed by atoms with Crippen molar-refractivity contribution in [3.8, 4) is 0 Å². The third-order valence-corrected chi connectivity index (χ3v) is 3.06. The van der Waals surface area contributed by atoms with E-state index >= 15 is 0 Å². The summed E-state index contributed by atoms with van der Waals surface area (Å²) in [4.78, 5) is 0. The molecule has 1 aromatic carbocycles. The van der Waals surface area contributed by atoms with E-state index in [1.165, 1.54) is 6.07 Å². The van der Waals surface area contributed by atoms with Gasteiger partial charge in [-0.15, -0.1) is 6.58 Å². The summed E-state index contributed by atoms with van der Waals surface area (Å²) in [5.74, 6) is 0.243. The Bertz CT molecular complexity index is 663. The molecular formula is C17H24FN5. The van der Waals surface area contributed by atoms with Crippen LogP contribution in [0.3, 0.4) is 0 Å². The van der Waals surface area contributed by atoms with Crippen LogP contribution in [0.5, 0.6) is 0 Å². The van der Waals surface area contributed by atoms with Crippen molar-refractivity contribution >= 4 is 11.7 Å². The Morgan fingerprint density at radius 2 is 2.13 bits per heavy atom. The number of hydrogen-bond acceptors (Lipinski definition) is 3. The molecule has 5 nitrogen and oxygen atoms in total. The Morgan fingerprint density at radius 3 is 2.70 bits per heavy atom. The quantitative estimate of drug-likeness (QED) is 0.434. The number of amidine groups is 1. The maximum absolute atomic E-state index is 13.8. The first-order chi connectivity index (χ1) is 11.0. The largest absolute Gasteiger partial charge is 0.382 e. The summed E-state index contributed by atoms with van der Waals surface area (Å²) < 4.78 is 15.3. The van der Waals surface area contributed by atoms with E-state index in [2.05, 4.69) is 17.0 Å². The smallest absolute Gasteiger partial charge is 0.143 e. The number of nitrogens with zero attached hydrogens (tertiary/aromatic N) is 2. The monoisotopic (exact) mass is 317 g/mol. The molecule has 4 N–H and O–H groups in total. The zero-order valence-electron chi connectivity index (χ0n) is 13.8. The lowest BCUT2D eigenvalue weighted by Gasteiger charge is -2.13. The molecule has 0 fully saturated rings. The number of nitrogen functional groups attached to an aromatic ring is 1. The molecule has 0 bridgehead atoms. The maximum atomic E-state index is 13.8. The highest BCUT2D eigenvalue weighted by atomic mass is 19.1. The molecule has 6 heteroatoms. The van der Waals surface area contributed by atoms with Gasteiger partial charge in [0.05, 0.1) is 6.54 Å². The summed E-state index contributed by atoms with van der Waals surface area (Å²) >= 11 is 0. The van der Waals surface area contributed by atoms with Crippen molar-refractivity contribution in [1.82, 2.24) is 9.78 Å². The second-order valence-electron chi connectivity index (χ2n) is 4.75. The van der Waals surface area contributed by atoms with Crippen molar-refractivity contribution in [2.24, 2.45) is 5.73 Å². The molecule has 0 aliphatic heterocycles. The van der Waals surface area contributed by atoms with Crippen LogP contribution < -0.4 is 11.1 Å². The summed E-state index contributed by atoms with van der Waals surface area (Å²) in [6, 6.07) is 8.20. The topological polar surface area (TPSA) is 79.7 Å². The molecule has 1 unspecified atom stereocenters. The number of benzene rings is 1. The molecule has 0 amide bonds. The number of anilines is 1. The average molecular weight is 317 g/mol. The van der Waals surface area contributed by atoms with E-state index < -0.39 is 0 Å². The Morgan fingerprint density at radius 1 is 1.48 bits per heavy atom. The highest BCUT2D eigenvalue weighted by molar-refractivity contribution is 5.93. The van der Waals surface area contributed by atoms with Gasteiger partial charge in [0.2, 0.25) is 0 Å². The van der Waals surface area contributed by atoms with Gasteiger partial charge >= 0.3 is 0 Å². The fraction of sp³-hybridized carbons (Fsp3) is 0.294. The second kappa shape index (κ2) is 8.73. The number of halogens is 1. The Balaban J connectivity index is 0.00000127. The van der Waals surface area contributed by atoms with Gasteiger partial charge in [0.25, 0.3) is 0 Å². The van der Waals surface area contributed by atoms with Crippen LogP contribution in [0.4, 0.5) is 10.2 Å². The normalized spacial score (nSPS) is 11.1. The second-order valence-corrected chi connectivity index (χ2v) is 4.75. The molecule has 0 spiro atoms. The lowest BCUT2D eigenvalue weighted by Crippen LogP contribution is -2.16. The van der Waals surface area contributed by atoms with Crippen molar-refractivity contribution in [3.05, 3.63) is 60.1 Å². The van der Waals surface area contributed by atoms with Gasteiger partial charge in [-0.25, -0.2) is 9.07 Å². The molecule has 0 radical (unpaired) electrons. The van der Waals surface area contributed by atoms with Crippen LogP contribution in [0.2, 0.25) is 0 Å².